The van der Waals surface area contributed by atoms with Crippen molar-refractivity contribution in [1.82, 2.24) is 5.32 Å². The number of carbonyl (C=O) groups is 1. The van der Waals surface area contributed by atoms with Gasteiger partial charge in [0.25, 0.3) is 0 Å². The van der Waals surface area contributed by atoms with Gasteiger partial charge in [-0.15, -0.1) is 0 Å². The molecule has 0 radical (unpaired) electrons. The molecule has 0 heterocycles. The largest absolute Gasteiger partial charge is 0.396 e. The fourth-order valence-corrected chi connectivity index (χ4v) is 1.88. The second kappa shape index (κ2) is 7.33. The number of halogens is 2. The first-order valence-electron chi connectivity index (χ1n) is 6.65. The SMILES string of the molecule is CC(C)(CCCO)CNC(=O)Cc1ccc(F)c(F)c1. The molecule has 0 spiro atoms. The zero-order valence-electron chi connectivity index (χ0n) is 11.9. The molecular formula is C15H21F2NO2. The summed E-state index contributed by atoms with van der Waals surface area (Å²) in [5.41, 5.74) is 0.335. The average Bonchev–Trinajstić information content (AvgIpc) is 2.39. The summed E-state index contributed by atoms with van der Waals surface area (Å²) in [4.78, 5) is 11.8. The average molecular weight is 285 g/mol. The summed E-state index contributed by atoms with van der Waals surface area (Å²) >= 11 is 0. The third kappa shape index (κ3) is 5.65. The Labute approximate surface area is 118 Å². The van der Waals surface area contributed by atoms with Crippen molar-refractivity contribution in [2.24, 2.45) is 5.41 Å². The van der Waals surface area contributed by atoms with Crippen LogP contribution in [0.3, 0.4) is 0 Å². The van der Waals surface area contributed by atoms with Gasteiger partial charge in [0.15, 0.2) is 11.6 Å². The molecule has 0 bridgehead atoms. The van der Waals surface area contributed by atoms with E-state index in [0.29, 0.717) is 18.5 Å². The van der Waals surface area contributed by atoms with E-state index in [1.54, 1.807) is 0 Å². The Kier molecular flexibility index (Phi) is 6.07. The van der Waals surface area contributed by atoms with Crippen LogP contribution in [-0.4, -0.2) is 24.2 Å². The van der Waals surface area contributed by atoms with Crippen LogP contribution < -0.4 is 5.32 Å². The summed E-state index contributed by atoms with van der Waals surface area (Å²) in [7, 11) is 0. The first-order chi connectivity index (χ1) is 9.34. The lowest BCUT2D eigenvalue weighted by Crippen LogP contribution is -2.35. The molecular weight excluding hydrogens is 264 g/mol. The maximum Gasteiger partial charge on any atom is 0.224 e. The number of hydrogen-bond acceptors (Lipinski definition) is 2. The van der Waals surface area contributed by atoms with Gasteiger partial charge in [-0.05, 0) is 36.0 Å². The van der Waals surface area contributed by atoms with Gasteiger partial charge in [-0.25, -0.2) is 8.78 Å². The number of amides is 1. The quantitative estimate of drug-likeness (QED) is 0.808. The number of hydrogen-bond donors (Lipinski definition) is 2. The van der Waals surface area contributed by atoms with Crippen LogP contribution in [0, 0.1) is 17.0 Å². The molecule has 0 unspecified atom stereocenters. The molecule has 0 aliphatic heterocycles. The third-order valence-corrected chi connectivity index (χ3v) is 3.12. The first-order valence-corrected chi connectivity index (χ1v) is 6.65. The molecule has 0 aliphatic rings. The molecule has 0 saturated heterocycles. The highest BCUT2D eigenvalue weighted by Gasteiger charge is 2.18. The van der Waals surface area contributed by atoms with E-state index in [4.69, 9.17) is 5.11 Å². The van der Waals surface area contributed by atoms with Crippen LogP contribution in [-0.2, 0) is 11.2 Å². The highest BCUT2D eigenvalue weighted by atomic mass is 19.2. The van der Waals surface area contributed by atoms with Gasteiger partial charge in [0, 0.05) is 13.2 Å². The molecule has 1 rings (SSSR count). The number of carbonyl (C=O) groups excluding carboxylic acids is 1. The van der Waals surface area contributed by atoms with E-state index in [-0.39, 0.29) is 24.3 Å². The van der Waals surface area contributed by atoms with Gasteiger partial charge < -0.3 is 10.4 Å². The molecule has 0 aromatic heterocycles. The predicted molar refractivity (Wildman–Crippen MR) is 73.2 cm³/mol. The maximum absolute atomic E-state index is 13.0. The molecule has 1 aromatic carbocycles. The van der Waals surface area contributed by atoms with Gasteiger partial charge in [0.05, 0.1) is 6.42 Å². The molecule has 0 saturated carbocycles. The van der Waals surface area contributed by atoms with Crippen molar-refractivity contribution in [1.29, 1.82) is 0 Å². The van der Waals surface area contributed by atoms with E-state index in [9.17, 15) is 13.6 Å². The standard InChI is InChI=1S/C15H21F2NO2/c1-15(2,6-3-7-19)10-18-14(20)9-11-4-5-12(16)13(17)8-11/h4-5,8,19H,3,6-7,9-10H2,1-2H3,(H,18,20). The molecule has 5 heteroatoms. The van der Waals surface area contributed by atoms with E-state index >= 15 is 0 Å². The molecule has 1 amide bonds. The summed E-state index contributed by atoms with van der Waals surface area (Å²) in [6.45, 7) is 4.61. The van der Waals surface area contributed by atoms with Crippen molar-refractivity contribution < 1.29 is 18.7 Å². The number of benzene rings is 1. The number of nitrogens with one attached hydrogen (secondary N) is 1. The van der Waals surface area contributed by atoms with Crippen LogP contribution in [0.15, 0.2) is 18.2 Å². The monoisotopic (exact) mass is 285 g/mol. The second-order valence-corrected chi connectivity index (χ2v) is 5.69. The maximum atomic E-state index is 13.0. The van der Waals surface area contributed by atoms with E-state index < -0.39 is 11.6 Å². The fourth-order valence-electron chi connectivity index (χ4n) is 1.88. The summed E-state index contributed by atoms with van der Waals surface area (Å²) in [6, 6.07) is 3.45. The third-order valence-electron chi connectivity index (χ3n) is 3.12. The lowest BCUT2D eigenvalue weighted by molar-refractivity contribution is -0.120. The first kappa shape index (κ1) is 16.6. The van der Waals surface area contributed by atoms with Crippen LogP contribution in [0.1, 0.15) is 32.3 Å². The minimum absolute atomic E-state index is 0.0211. The lowest BCUT2D eigenvalue weighted by Gasteiger charge is -2.24. The van der Waals surface area contributed by atoms with E-state index in [2.05, 4.69) is 5.32 Å². The minimum atomic E-state index is -0.946. The summed E-state index contributed by atoms with van der Waals surface area (Å²) < 4.78 is 25.8. The van der Waals surface area contributed by atoms with Crippen molar-refractivity contribution in [3.05, 3.63) is 35.4 Å². The second-order valence-electron chi connectivity index (χ2n) is 5.69. The summed E-state index contributed by atoms with van der Waals surface area (Å²) in [6.07, 6.45) is 1.51. The predicted octanol–water partition coefficient (Wildman–Crippen LogP) is 2.42. The zero-order valence-corrected chi connectivity index (χ0v) is 11.9. The van der Waals surface area contributed by atoms with E-state index in [1.165, 1.54) is 6.07 Å². The van der Waals surface area contributed by atoms with E-state index in [1.807, 2.05) is 13.8 Å². The number of rotatable bonds is 7. The molecule has 0 aliphatic carbocycles. The zero-order chi connectivity index (χ0) is 15.2. The van der Waals surface area contributed by atoms with Crippen molar-refractivity contribution in [2.75, 3.05) is 13.2 Å². The minimum Gasteiger partial charge on any atom is -0.396 e. The van der Waals surface area contributed by atoms with E-state index in [0.717, 1.165) is 18.6 Å². The molecule has 3 nitrogen and oxygen atoms in total. The molecule has 0 atom stereocenters. The van der Waals surface area contributed by atoms with Gasteiger partial charge in [0.1, 0.15) is 0 Å². The van der Waals surface area contributed by atoms with Gasteiger partial charge in [0.2, 0.25) is 5.91 Å². The molecule has 20 heavy (non-hydrogen) atoms. The topological polar surface area (TPSA) is 49.3 Å². The molecule has 2 N–H and O–H groups in total. The highest BCUT2D eigenvalue weighted by Crippen LogP contribution is 2.20. The molecule has 112 valence electrons. The number of aliphatic hydroxyl groups excluding tert-OH is 1. The van der Waals surface area contributed by atoms with Gasteiger partial charge in [-0.3, -0.25) is 4.79 Å². The van der Waals surface area contributed by atoms with Crippen LogP contribution in [0.5, 0.6) is 0 Å². The Hall–Kier alpha value is -1.49. The fraction of sp³-hybridized carbons (Fsp3) is 0.533. The normalized spacial score (nSPS) is 11.4. The Morgan fingerprint density at radius 2 is 2.00 bits per heavy atom. The summed E-state index contributed by atoms with van der Waals surface area (Å²) in [5, 5.41) is 11.6. The molecule has 0 fully saturated rings. The highest BCUT2D eigenvalue weighted by molar-refractivity contribution is 5.78. The van der Waals surface area contributed by atoms with Gasteiger partial charge in [-0.1, -0.05) is 19.9 Å². The molecule has 1 aromatic rings. The summed E-state index contributed by atoms with van der Waals surface area (Å²) in [5.74, 6) is -2.09. The Morgan fingerprint density at radius 3 is 2.60 bits per heavy atom. The lowest BCUT2D eigenvalue weighted by atomic mass is 9.88. The van der Waals surface area contributed by atoms with Crippen molar-refractivity contribution in [3.8, 4) is 0 Å². The van der Waals surface area contributed by atoms with Crippen LogP contribution >= 0.6 is 0 Å². The number of aliphatic hydroxyl groups is 1. The Bertz CT molecular complexity index is 461. The van der Waals surface area contributed by atoms with Crippen molar-refractivity contribution >= 4 is 5.91 Å². The van der Waals surface area contributed by atoms with Crippen LogP contribution in [0.2, 0.25) is 0 Å². The Morgan fingerprint density at radius 1 is 1.30 bits per heavy atom. The van der Waals surface area contributed by atoms with Gasteiger partial charge >= 0.3 is 0 Å². The van der Waals surface area contributed by atoms with Crippen LogP contribution in [0.25, 0.3) is 0 Å². The van der Waals surface area contributed by atoms with Gasteiger partial charge in [-0.2, -0.15) is 0 Å². The van der Waals surface area contributed by atoms with Crippen molar-refractivity contribution in [3.63, 3.8) is 0 Å². The Balaban J connectivity index is 2.45. The van der Waals surface area contributed by atoms with Crippen molar-refractivity contribution in [2.45, 2.75) is 33.1 Å². The van der Waals surface area contributed by atoms with Crippen LogP contribution in [0.4, 0.5) is 8.78 Å². The smallest absolute Gasteiger partial charge is 0.224 e.